The van der Waals surface area contributed by atoms with Gasteiger partial charge in [0.05, 0.1) is 13.2 Å². The second-order valence-corrected chi connectivity index (χ2v) is 6.19. The van der Waals surface area contributed by atoms with E-state index in [0.29, 0.717) is 32.1 Å². The summed E-state index contributed by atoms with van der Waals surface area (Å²) in [5.41, 5.74) is 1.04. The molecule has 0 N–H and O–H groups in total. The molecule has 0 saturated carbocycles. The number of nitrogens with zero attached hydrogens (tertiary/aromatic N) is 2. The molecule has 0 atom stereocenters. The Labute approximate surface area is 142 Å². The molecule has 2 aliphatic rings. The SMILES string of the molecule is O=C(COc1ccc(C(=S)N2CCCC2)cc1)N1CCOCC1. The van der Waals surface area contributed by atoms with Gasteiger partial charge in [-0.15, -0.1) is 0 Å². The Hall–Kier alpha value is -1.66. The first kappa shape index (κ1) is 16.2. The van der Waals surface area contributed by atoms with Gasteiger partial charge in [0.15, 0.2) is 6.61 Å². The Morgan fingerprint density at radius 2 is 1.70 bits per heavy atom. The van der Waals surface area contributed by atoms with Crippen molar-refractivity contribution in [3.8, 4) is 5.75 Å². The van der Waals surface area contributed by atoms with Crippen molar-refractivity contribution in [2.75, 3.05) is 46.0 Å². The Balaban J connectivity index is 1.51. The van der Waals surface area contributed by atoms with Gasteiger partial charge in [-0.3, -0.25) is 4.79 Å². The van der Waals surface area contributed by atoms with Crippen LogP contribution in [0.25, 0.3) is 0 Å². The number of likely N-dealkylation sites (tertiary alicyclic amines) is 1. The maximum absolute atomic E-state index is 12.0. The van der Waals surface area contributed by atoms with Gasteiger partial charge < -0.3 is 19.3 Å². The van der Waals surface area contributed by atoms with Crippen LogP contribution in [0, 0.1) is 0 Å². The summed E-state index contributed by atoms with van der Waals surface area (Å²) in [5, 5.41) is 0. The molecule has 0 aliphatic carbocycles. The van der Waals surface area contributed by atoms with Crippen LogP contribution in [0.15, 0.2) is 24.3 Å². The van der Waals surface area contributed by atoms with Crippen molar-refractivity contribution < 1.29 is 14.3 Å². The molecule has 124 valence electrons. The van der Waals surface area contributed by atoms with E-state index in [4.69, 9.17) is 21.7 Å². The van der Waals surface area contributed by atoms with Gasteiger partial charge in [-0.1, -0.05) is 12.2 Å². The van der Waals surface area contributed by atoms with Crippen molar-refractivity contribution >= 4 is 23.1 Å². The first-order valence-corrected chi connectivity index (χ1v) is 8.52. The lowest BCUT2D eigenvalue weighted by Gasteiger charge is -2.26. The van der Waals surface area contributed by atoms with Crippen LogP contribution < -0.4 is 4.74 Å². The van der Waals surface area contributed by atoms with Crippen molar-refractivity contribution in [3.63, 3.8) is 0 Å². The summed E-state index contributed by atoms with van der Waals surface area (Å²) in [6.07, 6.45) is 2.43. The third-order valence-electron chi connectivity index (χ3n) is 4.22. The van der Waals surface area contributed by atoms with Crippen molar-refractivity contribution in [3.05, 3.63) is 29.8 Å². The fraction of sp³-hybridized carbons (Fsp3) is 0.529. The molecule has 6 heteroatoms. The third kappa shape index (κ3) is 4.20. The van der Waals surface area contributed by atoms with E-state index < -0.39 is 0 Å². The van der Waals surface area contributed by atoms with E-state index in [1.165, 1.54) is 12.8 Å². The van der Waals surface area contributed by atoms with Crippen LogP contribution in [0.5, 0.6) is 5.75 Å². The number of rotatable bonds is 4. The zero-order valence-corrected chi connectivity index (χ0v) is 14.0. The van der Waals surface area contributed by atoms with Crippen LogP contribution in [-0.2, 0) is 9.53 Å². The van der Waals surface area contributed by atoms with Crippen LogP contribution in [0.3, 0.4) is 0 Å². The molecule has 3 rings (SSSR count). The predicted molar refractivity (Wildman–Crippen MR) is 91.8 cm³/mol. The quantitative estimate of drug-likeness (QED) is 0.784. The van der Waals surface area contributed by atoms with E-state index in [1.54, 1.807) is 4.90 Å². The molecule has 2 fully saturated rings. The molecule has 0 bridgehead atoms. The van der Waals surface area contributed by atoms with Gasteiger partial charge in [0.25, 0.3) is 5.91 Å². The predicted octanol–water partition coefficient (Wildman–Crippen LogP) is 1.70. The van der Waals surface area contributed by atoms with Crippen LogP contribution in [-0.4, -0.2) is 66.7 Å². The molecular weight excluding hydrogens is 312 g/mol. The Morgan fingerprint density at radius 3 is 2.35 bits per heavy atom. The molecule has 0 radical (unpaired) electrons. The van der Waals surface area contributed by atoms with Gasteiger partial charge >= 0.3 is 0 Å². The third-order valence-corrected chi connectivity index (χ3v) is 4.71. The number of thiocarbonyl (C=S) groups is 1. The number of carbonyl (C=O) groups is 1. The molecule has 1 aromatic rings. The number of amides is 1. The average molecular weight is 334 g/mol. The van der Waals surface area contributed by atoms with Gasteiger partial charge in [0, 0.05) is 31.7 Å². The summed E-state index contributed by atoms with van der Waals surface area (Å²) in [6, 6.07) is 7.69. The van der Waals surface area contributed by atoms with E-state index in [0.717, 1.165) is 23.6 Å². The molecule has 2 saturated heterocycles. The topological polar surface area (TPSA) is 42.0 Å². The standard InChI is InChI=1S/C17H22N2O3S/c20-16(18-9-11-21-12-10-18)13-22-15-5-3-14(4-6-15)17(23)19-7-1-2-8-19/h3-6H,1-2,7-13H2. The number of benzene rings is 1. The van der Waals surface area contributed by atoms with Crippen LogP contribution >= 0.6 is 12.2 Å². The molecule has 1 aromatic carbocycles. The van der Waals surface area contributed by atoms with Crippen LogP contribution in [0.1, 0.15) is 18.4 Å². The average Bonchev–Trinajstić information content (AvgIpc) is 3.15. The van der Waals surface area contributed by atoms with Gasteiger partial charge in [-0.25, -0.2) is 0 Å². The fourth-order valence-corrected chi connectivity index (χ4v) is 3.16. The van der Waals surface area contributed by atoms with E-state index >= 15 is 0 Å². The summed E-state index contributed by atoms with van der Waals surface area (Å²) in [5.74, 6) is 0.699. The first-order valence-electron chi connectivity index (χ1n) is 8.12. The zero-order valence-electron chi connectivity index (χ0n) is 13.2. The van der Waals surface area contributed by atoms with Crippen LogP contribution in [0.4, 0.5) is 0 Å². The molecule has 0 unspecified atom stereocenters. The second-order valence-electron chi connectivity index (χ2n) is 5.81. The number of carbonyl (C=O) groups excluding carboxylic acids is 1. The smallest absolute Gasteiger partial charge is 0.260 e. The minimum atomic E-state index is 0.00460. The molecule has 2 heterocycles. The molecule has 5 nitrogen and oxygen atoms in total. The van der Waals surface area contributed by atoms with Crippen molar-refractivity contribution in [2.24, 2.45) is 0 Å². The zero-order chi connectivity index (χ0) is 16.1. The number of hydrogen-bond acceptors (Lipinski definition) is 4. The largest absolute Gasteiger partial charge is 0.484 e. The highest BCUT2D eigenvalue weighted by molar-refractivity contribution is 7.80. The van der Waals surface area contributed by atoms with E-state index in [2.05, 4.69) is 4.90 Å². The Morgan fingerprint density at radius 1 is 1.04 bits per heavy atom. The molecule has 1 amide bonds. The minimum absolute atomic E-state index is 0.00460. The van der Waals surface area contributed by atoms with Gasteiger partial charge in [-0.05, 0) is 37.1 Å². The summed E-state index contributed by atoms with van der Waals surface area (Å²) in [6.45, 7) is 4.66. The van der Waals surface area contributed by atoms with Gasteiger partial charge in [0.1, 0.15) is 10.7 Å². The summed E-state index contributed by atoms with van der Waals surface area (Å²) < 4.78 is 10.8. The molecular formula is C17H22N2O3S. The summed E-state index contributed by atoms with van der Waals surface area (Å²) in [7, 11) is 0. The Kier molecular flexibility index (Phi) is 5.46. The first-order chi connectivity index (χ1) is 11.2. The van der Waals surface area contributed by atoms with Crippen molar-refractivity contribution in [2.45, 2.75) is 12.8 Å². The number of morpholine rings is 1. The highest BCUT2D eigenvalue weighted by Crippen LogP contribution is 2.17. The fourth-order valence-electron chi connectivity index (χ4n) is 2.85. The lowest BCUT2D eigenvalue weighted by Crippen LogP contribution is -2.42. The maximum atomic E-state index is 12.0. The summed E-state index contributed by atoms with van der Waals surface area (Å²) in [4.78, 5) is 17.0. The normalized spacial score (nSPS) is 18.1. The minimum Gasteiger partial charge on any atom is -0.484 e. The molecule has 2 aliphatic heterocycles. The van der Waals surface area contributed by atoms with Gasteiger partial charge in [0.2, 0.25) is 0 Å². The number of ether oxygens (including phenoxy) is 2. The molecule has 23 heavy (non-hydrogen) atoms. The molecule has 0 spiro atoms. The van der Waals surface area contributed by atoms with E-state index in [9.17, 15) is 4.79 Å². The van der Waals surface area contributed by atoms with E-state index in [1.807, 2.05) is 24.3 Å². The number of hydrogen-bond donors (Lipinski definition) is 0. The summed E-state index contributed by atoms with van der Waals surface area (Å²) >= 11 is 5.53. The monoisotopic (exact) mass is 334 g/mol. The van der Waals surface area contributed by atoms with E-state index in [-0.39, 0.29) is 12.5 Å². The highest BCUT2D eigenvalue weighted by atomic mass is 32.1. The second kappa shape index (κ2) is 7.75. The maximum Gasteiger partial charge on any atom is 0.260 e. The highest BCUT2D eigenvalue weighted by Gasteiger charge is 2.18. The lowest BCUT2D eigenvalue weighted by atomic mass is 10.2. The van der Waals surface area contributed by atoms with Crippen LogP contribution in [0.2, 0.25) is 0 Å². The lowest BCUT2D eigenvalue weighted by molar-refractivity contribution is -0.137. The van der Waals surface area contributed by atoms with Gasteiger partial charge in [-0.2, -0.15) is 0 Å². The van der Waals surface area contributed by atoms with Crippen molar-refractivity contribution in [1.29, 1.82) is 0 Å². The molecule has 0 aromatic heterocycles. The van der Waals surface area contributed by atoms with Crippen molar-refractivity contribution in [1.82, 2.24) is 9.80 Å². The Bertz CT molecular complexity index is 549.